The van der Waals surface area contributed by atoms with Crippen LogP contribution in [0.1, 0.15) is 23.2 Å². The van der Waals surface area contributed by atoms with Gasteiger partial charge in [-0.3, -0.25) is 9.59 Å². The molecule has 0 saturated carbocycles. The first kappa shape index (κ1) is 25.4. The number of hydrogen-bond acceptors (Lipinski definition) is 9. The van der Waals surface area contributed by atoms with E-state index >= 15 is 0 Å². The summed E-state index contributed by atoms with van der Waals surface area (Å²) in [7, 11) is 3.04. The fourth-order valence-electron chi connectivity index (χ4n) is 3.35. The Morgan fingerprint density at radius 1 is 1.14 bits per heavy atom. The Labute approximate surface area is 216 Å². The van der Waals surface area contributed by atoms with Crippen molar-refractivity contribution in [2.24, 2.45) is 0 Å². The number of hydrogen-bond donors (Lipinski definition) is 1. The third kappa shape index (κ3) is 5.94. The summed E-state index contributed by atoms with van der Waals surface area (Å²) < 4.78 is 17.7. The molecule has 0 aliphatic carbocycles. The highest BCUT2D eigenvalue weighted by Gasteiger charge is 2.13. The number of rotatable bonds is 9. The van der Waals surface area contributed by atoms with Crippen molar-refractivity contribution in [3.05, 3.63) is 80.7 Å². The van der Waals surface area contributed by atoms with Gasteiger partial charge in [-0.15, -0.1) is 0 Å². The van der Waals surface area contributed by atoms with Crippen molar-refractivity contribution in [3.63, 3.8) is 0 Å². The minimum atomic E-state index is -0.547. The van der Waals surface area contributed by atoms with Gasteiger partial charge in [0.15, 0.2) is 11.5 Å². The smallest absolute Gasteiger partial charge is 0.275 e. The van der Waals surface area contributed by atoms with E-state index in [1.165, 1.54) is 35.1 Å². The summed E-state index contributed by atoms with van der Waals surface area (Å²) in [6, 6.07) is 15.1. The molecule has 0 aliphatic rings. The molecule has 0 aliphatic heterocycles. The molecule has 0 atom stereocenters. The van der Waals surface area contributed by atoms with Gasteiger partial charge in [-0.1, -0.05) is 24.3 Å². The zero-order valence-corrected chi connectivity index (χ0v) is 21.2. The molecule has 0 unspecified atom stereocenters. The second-order valence-electron chi connectivity index (χ2n) is 7.68. The normalized spacial score (nSPS) is 11.1. The lowest BCUT2D eigenvalue weighted by Gasteiger charge is -2.11. The molecule has 4 rings (SSSR count). The van der Waals surface area contributed by atoms with Gasteiger partial charge in [0.1, 0.15) is 29.0 Å². The Balaban J connectivity index is 1.49. The molecule has 0 fully saturated rings. The first-order valence-electron chi connectivity index (χ1n) is 11.2. The van der Waals surface area contributed by atoms with Crippen LogP contribution in [0.3, 0.4) is 0 Å². The molecule has 0 spiro atoms. The monoisotopic (exact) mass is 517 g/mol. The van der Waals surface area contributed by atoms with E-state index < -0.39 is 5.91 Å². The first-order chi connectivity index (χ1) is 17.9. The summed E-state index contributed by atoms with van der Waals surface area (Å²) in [5.74, 6) is 0.919. The van der Waals surface area contributed by atoms with Gasteiger partial charge < -0.3 is 19.5 Å². The van der Waals surface area contributed by atoms with E-state index in [1.54, 1.807) is 49.6 Å². The molecular weight excluding hydrogens is 494 g/mol. The van der Waals surface area contributed by atoms with Crippen LogP contribution < -0.4 is 25.1 Å². The molecule has 0 saturated heterocycles. The number of fused-ring (bicyclic) bond motifs is 1. The summed E-state index contributed by atoms with van der Waals surface area (Å²) in [6.45, 7) is 2.01. The molecule has 2 aromatic carbocycles. The standard InChI is InChI=1S/C26H23N5O5S/c1-4-23-30-31-24(32)13-19(29-26(31)37-23)15-36-21-10-5-16(12-22(21)35-3)11-17(14-27)25(33)28-18-6-8-20(34-2)9-7-18/h5-13H,4,15H2,1-3H3,(H,28,33)/b17-11+. The summed E-state index contributed by atoms with van der Waals surface area (Å²) >= 11 is 1.36. The van der Waals surface area contributed by atoms with E-state index in [2.05, 4.69) is 15.4 Å². The number of benzene rings is 2. The minimum absolute atomic E-state index is 0.0460. The fraction of sp³-hybridized carbons (Fsp3) is 0.192. The van der Waals surface area contributed by atoms with Crippen LogP contribution in [-0.4, -0.2) is 34.7 Å². The summed E-state index contributed by atoms with van der Waals surface area (Å²) in [5, 5.41) is 17.3. The maximum atomic E-state index is 12.6. The van der Waals surface area contributed by atoms with E-state index in [0.29, 0.717) is 45.6 Å². The molecule has 4 aromatic rings. The van der Waals surface area contributed by atoms with Crippen LogP contribution in [0.15, 0.2) is 58.9 Å². The minimum Gasteiger partial charge on any atom is -0.497 e. The van der Waals surface area contributed by atoms with Gasteiger partial charge in [0, 0.05) is 11.8 Å². The molecule has 0 bridgehead atoms. The Morgan fingerprint density at radius 2 is 1.92 bits per heavy atom. The van der Waals surface area contributed by atoms with Crippen LogP contribution in [0.4, 0.5) is 5.69 Å². The molecular formula is C26H23N5O5S. The maximum Gasteiger partial charge on any atom is 0.275 e. The van der Waals surface area contributed by atoms with Crippen LogP contribution in [-0.2, 0) is 17.8 Å². The van der Waals surface area contributed by atoms with Crippen LogP contribution in [0.25, 0.3) is 11.0 Å². The molecule has 0 radical (unpaired) electrons. The zero-order chi connectivity index (χ0) is 26.4. The van der Waals surface area contributed by atoms with Gasteiger partial charge in [-0.2, -0.15) is 14.9 Å². The Kier molecular flexibility index (Phi) is 7.80. The number of anilines is 1. The van der Waals surface area contributed by atoms with E-state index in [4.69, 9.17) is 14.2 Å². The van der Waals surface area contributed by atoms with Gasteiger partial charge >= 0.3 is 0 Å². The molecule has 2 aromatic heterocycles. The van der Waals surface area contributed by atoms with Gasteiger partial charge in [-0.05, 0) is 54.5 Å². The number of carbonyl (C=O) groups excluding carboxylic acids is 1. The van der Waals surface area contributed by atoms with Crippen molar-refractivity contribution in [2.45, 2.75) is 20.0 Å². The van der Waals surface area contributed by atoms with Crippen molar-refractivity contribution in [2.75, 3.05) is 19.5 Å². The number of ether oxygens (including phenoxy) is 3. The lowest BCUT2D eigenvalue weighted by molar-refractivity contribution is -0.112. The SMILES string of the molecule is CCc1nn2c(=O)cc(COc3ccc(/C=C(\C#N)C(=O)Nc4ccc(OC)cc4)cc3OC)nc2s1. The quantitative estimate of drug-likeness (QED) is 0.262. The summed E-state index contributed by atoms with van der Waals surface area (Å²) in [6.07, 6.45) is 2.17. The van der Waals surface area contributed by atoms with E-state index in [1.807, 2.05) is 13.0 Å². The molecule has 1 N–H and O–H groups in total. The van der Waals surface area contributed by atoms with Crippen molar-refractivity contribution in [1.82, 2.24) is 14.6 Å². The number of nitrogens with one attached hydrogen (secondary N) is 1. The van der Waals surface area contributed by atoms with Crippen molar-refractivity contribution in [3.8, 4) is 23.3 Å². The van der Waals surface area contributed by atoms with Gasteiger partial charge in [0.25, 0.3) is 11.5 Å². The number of methoxy groups -OCH3 is 2. The van der Waals surface area contributed by atoms with Crippen molar-refractivity contribution in [1.29, 1.82) is 5.26 Å². The summed E-state index contributed by atoms with van der Waals surface area (Å²) in [5.41, 5.74) is 1.21. The zero-order valence-electron chi connectivity index (χ0n) is 20.3. The predicted octanol–water partition coefficient (Wildman–Crippen LogP) is 3.86. The average molecular weight is 518 g/mol. The highest BCUT2D eigenvalue weighted by molar-refractivity contribution is 7.16. The van der Waals surface area contributed by atoms with E-state index in [-0.39, 0.29) is 17.7 Å². The number of nitrogens with zero attached hydrogens (tertiary/aromatic N) is 4. The topological polar surface area (TPSA) is 128 Å². The van der Waals surface area contributed by atoms with Gasteiger partial charge in [0.2, 0.25) is 4.96 Å². The lowest BCUT2D eigenvalue weighted by atomic mass is 10.1. The summed E-state index contributed by atoms with van der Waals surface area (Å²) in [4.78, 5) is 29.9. The Hall–Kier alpha value is -4.69. The van der Waals surface area contributed by atoms with Crippen LogP contribution >= 0.6 is 11.3 Å². The highest BCUT2D eigenvalue weighted by Crippen LogP contribution is 2.30. The average Bonchev–Trinajstić information content (AvgIpc) is 3.35. The number of aryl methyl sites for hydroxylation is 1. The Morgan fingerprint density at radius 3 is 2.59 bits per heavy atom. The van der Waals surface area contributed by atoms with E-state index in [9.17, 15) is 14.9 Å². The van der Waals surface area contributed by atoms with Crippen LogP contribution in [0, 0.1) is 11.3 Å². The molecule has 1 amide bonds. The molecule has 37 heavy (non-hydrogen) atoms. The Bertz CT molecular complexity index is 1570. The second kappa shape index (κ2) is 11.4. The van der Waals surface area contributed by atoms with Crippen LogP contribution in [0.5, 0.6) is 17.2 Å². The predicted molar refractivity (Wildman–Crippen MR) is 139 cm³/mol. The van der Waals surface area contributed by atoms with E-state index in [0.717, 1.165) is 5.01 Å². The maximum absolute atomic E-state index is 12.6. The number of aromatic nitrogens is 3. The lowest BCUT2D eigenvalue weighted by Crippen LogP contribution is -2.16. The highest BCUT2D eigenvalue weighted by atomic mass is 32.1. The molecule has 188 valence electrons. The second-order valence-corrected chi connectivity index (χ2v) is 8.72. The number of amides is 1. The number of carbonyl (C=O) groups is 1. The molecule has 2 heterocycles. The third-order valence-corrected chi connectivity index (χ3v) is 6.28. The molecule has 10 nitrogen and oxygen atoms in total. The molecule has 11 heteroatoms. The first-order valence-corrected chi connectivity index (χ1v) is 12.0. The van der Waals surface area contributed by atoms with Gasteiger partial charge in [-0.25, -0.2) is 4.98 Å². The van der Waals surface area contributed by atoms with Crippen LogP contribution in [0.2, 0.25) is 0 Å². The largest absolute Gasteiger partial charge is 0.497 e. The number of nitriles is 1. The van der Waals surface area contributed by atoms with Crippen molar-refractivity contribution >= 4 is 34.0 Å². The van der Waals surface area contributed by atoms with Crippen molar-refractivity contribution < 1.29 is 19.0 Å². The third-order valence-electron chi connectivity index (χ3n) is 5.23. The fourth-order valence-corrected chi connectivity index (χ4v) is 4.20. The van der Waals surface area contributed by atoms with Gasteiger partial charge in [0.05, 0.1) is 19.9 Å².